The molecule has 1 heteroatoms. The van der Waals surface area contributed by atoms with Gasteiger partial charge < -0.3 is 0 Å². The first-order valence-corrected chi connectivity index (χ1v) is 6.48. The topological polar surface area (TPSA) is 23.8 Å². The summed E-state index contributed by atoms with van der Waals surface area (Å²) in [5.74, 6) is 0. The van der Waals surface area contributed by atoms with Gasteiger partial charge in [0.1, 0.15) is 0 Å². The van der Waals surface area contributed by atoms with E-state index in [0.29, 0.717) is 5.56 Å². The molecule has 0 N–H and O–H groups in total. The zero-order valence-corrected chi connectivity index (χ0v) is 11.0. The van der Waals surface area contributed by atoms with Crippen molar-refractivity contribution in [3.63, 3.8) is 0 Å². The number of nitrogens with zero attached hydrogens (tertiary/aromatic N) is 1. The lowest BCUT2D eigenvalue weighted by Gasteiger charge is -2.11. The predicted octanol–water partition coefficient (Wildman–Crippen LogP) is 5.02. The van der Waals surface area contributed by atoms with Crippen molar-refractivity contribution >= 4 is 16.8 Å². The molecular weight excluding hydrogens is 242 g/mol. The van der Waals surface area contributed by atoms with Gasteiger partial charge in [0.2, 0.25) is 0 Å². The van der Waals surface area contributed by atoms with E-state index in [4.69, 9.17) is 5.26 Å². The number of hydrogen-bond acceptors (Lipinski definition) is 1. The fraction of sp³-hybridized carbons (Fsp3) is 0. The van der Waals surface area contributed by atoms with Crippen molar-refractivity contribution in [1.82, 2.24) is 0 Å². The van der Waals surface area contributed by atoms with Gasteiger partial charge in [-0.15, -0.1) is 0 Å². The summed E-state index contributed by atoms with van der Waals surface area (Å²) in [6.45, 7) is 3.91. The highest BCUT2D eigenvalue weighted by Gasteiger charge is 2.07. The summed E-state index contributed by atoms with van der Waals surface area (Å²) in [5, 5.41) is 11.3. The molecule has 0 bridgehead atoms. The van der Waals surface area contributed by atoms with Crippen LogP contribution >= 0.6 is 0 Å². The van der Waals surface area contributed by atoms with E-state index in [1.165, 1.54) is 16.3 Å². The molecule has 20 heavy (non-hydrogen) atoms. The van der Waals surface area contributed by atoms with Gasteiger partial charge in [-0.05, 0) is 39.6 Å². The predicted molar refractivity (Wildman–Crippen MR) is 84.2 cm³/mol. The minimum atomic E-state index is 0.675. The Morgan fingerprint density at radius 2 is 1.65 bits per heavy atom. The maximum Gasteiger partial charge on any atom is 0.0991 e. The molecule has 0 spiro atoms. The van der Waals surface area contributed by atoms with Crippen LogP contribution in [-0.2, 0) is 0 Å². The van der Waals surface area contributed by atoms with E-state index < -0.39 is 0 Å². The summed E-state index contributed by atoms with van der Waals surface area (Å²) in [7, 11) is 0. The Kier molecular flexibility index (Phi) is 3.07. The second-order valence-corrected chi connectivity index (χ2v) is 4.64. The van der Waals surface area contributed by atoms with Crippen molar-refractivity contribution in [2.45, 2.75) is 0 Å². The Morgan fingerprint density at radius 3 is 2.35 bits per heavy atom. The van der Waals surface area contributed by atoms with Crippen molar-refractivity contribution in [2.24, 2.45) is 0 Å². The standard InChI is InChI=1S/C19H13N/c1-2-15-11-12-16-5-3-4-6-18(16)19(15)17-9-7-14(13-20)8-10-17/h2-12H,1H2. The van der Waals surface area contributed by atoms with Crippen LogP contribution in [-0.4, -0.2) is 0 Å². The third kappa shape index (κ3) is 1.98. The van der Waals surface area contributed by atoms with Crippen LogP contribution in [0.3, 0.4) is 0 Å². The van der Waals surface area contributed by atoms with Crippen molar-refractivity contribution in [2.75, 3.05) is 0 Å². The fourth-order valence-electron chi connectivity index (χ4n) is 2.49. The Labute approximate surface area is 118 Å². The molecule has 0 aliphatic rings. The Morgan fingerprint density at radius 1 is 0.900 bits per heavy atom. The molecule has 0 amide bonds. The summed E-state index contributed by atoms with van der Waals surface area (Å²) < 4.78 is 0. The molecular formula is C19H13N. The van der Waals surface area contributed by atoms with Crippen LogP contribution in [0.25, 0.3) is 28.0 Å². The molecule has 0 heterocycles. The largest absolute Gasteiger partial charge is 0.192 e. The first kappa shape index (κ1) is 12.2. The molecule has 94 valence electrons. The van der Waals surface area contributed by atoms with E-state index in [-0.39, 0.29) is 0 Å². The summed E-state index contributed by atoms with van der Waals surface area (Å²) in [6, 6.07) is 22.3. The average molecular weight is 255 g/mol. The minimum Gasteiger partial charge on any atom is -0.192 e. The van der Waals surface area contributed by atoms with E-state index in [2.05, 4.69) is 36.9 Å². The molecule has 0 saturated heterocycles. The molecule has 0 atom stereocenters. The van der Waals surface area contributed by atoms with Crippen LogP contribution in [0, 0.1) is 11.3 Å². The lowest BCUT2D eigenvalue weighted by Crippen LogP contribution is -1.86. The lowest BCUT2D eigenvalue weighted by molar-refractivity contribution is 1.48. The normalized spacial score (nSPS) is 10.2. The van der Waals surface area contributed by atoms with Crippen LogP contribution in [0.5, 0.6) is 0 Å². The van der Waals surface area contributed by atoms with Crippen LogP contribution in [0.2, 0.25) is 0 Å². The Hall–Kier alpha value is -2.85. The quantitative estimate of drug-likeness (QED) is 0.630. The number of rotatable bonds is 2. The third-order valence-electron chi connectivity index (χ3n) is 3.48. The van der Waals surface area contributed by atoms with Gasteiger partial charge in [0.05, 0.1) is 11.6 Å². The maximum atomic E-state index is 8.91. The van der Waals surface area contributed by atoms with Crippen molar-refractivity contribution in [3.05, 3.63) is 78.4 Å². The highest BCUT2D eigenvalue weighted by Crippen LogP contribution is 2.32. The van der Waals surface area contributed by atoms with Gasteiger partial charge in [-0.2, -0.15) is 5.26 Å². The van der Waals surface area contributed by atoms with E-state index in [9.17, 15) is 0 Å². The number of nitriles is 1. The van der Waals surface area contributed by atoms with Crippen molar-refractivity contribution in [1.29, 1.82) is 5.26 Å². The monoisotopic (exact) mass is 255 g/mol. The molecule has 0 radical (unpaired) electrons. The molecule has 0 fully saturated rings. The molecule has 0 saturated carbocycles. The molecule has 0 aromatic heterocycles. The Bertz CT molecular complexity index is 821. The zero-order chi connectivity index (χ0) is 13.9. The molecule has 3 aromatic carbocycles. The second kappa shape index (κ2) is 5.03. The molecule has 3 aromatic rings. The van der Waals surface area contributed by atoms with Gasteiger partial charge in [-0.1, -0.05) is 61.2 Å². The minimum absolute atomic E-state index is 0.675. The van der Waals surface area contributed by atoms with Gasteiger partial charge in [0.25, 0.3) is 0 Å². The van der Waals surface area contributed by atoms with Gasteiger partial charge in [0.15, 0.2) is 0 Å². The first-order chi connectivity index (χ1) is 9.83. The van der Waals surface area contributed by atoms with Crippen LogP contribution in [0.1, 0.15) is 11.1 Å². The molecule has 3 rings (SSSR count). The van der Waals surface area contributed by atoms with Crippen molar-refractivity contribution in [3.8, 4) is 17.2 Å². The lowest BCUT2D eigenvalue weighted by atomic mass is 9.93. The maximum absolute atomic E-state index is 8.91. The van der Waals surface area contributed by atoms with Gasteiger partial charge in [-0.3, -0.25) is 0 Å². The summed E-state index contributed by atoms with van der Waals surface area (Å²) in [5.41, 5.74) is 4.06. The van der Waals surface area contributed by atoms with E-state index in [0.717, 1.165) is 11.1 Å². The van der Waals surface area contributed by atoms with E-state index >= 15 is 0 Å². The zero-order valence-electron chi connectivity index (χ0n) is 11.0. The van der Waals surface area contributed by atoms with Crippen LogP contribution < -0.4 is 0 Å². The fourth-order valence-corrected chi connectivity index (χ4v) is 2.49. The SMILES string of the molecule is C=Cc1ccc2ccccc2c1-c1ccc(C#N)cc1. The number of benzene rings is 3. The highest BCUT2D eigenvalue weighted by atomic mass is 14.2. The number of fused-ring (bicyclic) bond motifs is 1. The summed E-state index contributed by atoms with van der Waals surface area (Å²) >= 11 is 0. The molecule has 0 unspecified atom stereocenters. The smallest absolute Gasteiger partial charge is 0.0991 e. The van der Waals surface area contributed by atoms with E-state index in [1.807, 2.05) is 42.5 Å². The van der Waals surface area contributed by atoms with Crippen molar-refractivity contribution < 1.29 is 0 Å². The van der Waals surface area contributed by atoms with Gasteiger partial charge >= 0.3 is 0 Å². The Balaban J connectivity index is 2.32. The van der Waals surface area contributed by atoms with E-state index in [1.54, 1.807) is 0 Å². The average Bonchev–Trinajstić information content (AvgIpc) is 2.54. The van der Waals surface area contributed by atoms with Crippen LogP contribution in [0.4, 0.5) is 0 Å². The highest BCUT2D eigenvalue weighted by molar-refractivity contribution is 6.00. The summed E-state index contributed by atoms with van der Waals surface area (Å²) in [4.78, 5) is 0. The van der Waals surface area contributed by atoms with Gasteiger partial charge in [0, 0.05) is 0 Å². The molecule has 1 nitrogen and oxygen atoms in total. The molecule has 0 aliphatic heterocycles. The van der Waals surface area contributed by atoms with Gasteiger partial charge in [-0.25, -0.2) is 0 Å². The summed E-state index contributed by atoms with van der Waals surface area (Å²) in [6.07, 6.45) is 1.87. The first-order valence-electron chi connectivity index (χ1n) is 6.48. The third-order valence-corrected chi connectivity index (χ3v) is 3.48. The van der Waals surface area contributed by atoms with Crippen LogP contribution in [0.15, 0.2) is 67.2 Å². The number of hydrogen-bond donors (Lipinski definition) is 0. The second-order valence-electron chi connectivity index (χ2n) is 4.64. The molecule has 0 aliphatic carbocycles.